The molecule has 2 aromatic heterocycles. The van der Waals surface area contributed by atoms with Gasteiger partial charge in [0.2, 0.25) is 5.88 Å². The molecule has 5 heteroatoms. The van der Waals surface area contributed by atoms with E-state index in [1.807, 2.05) is 11.4 Å². The number of nitrogens with one attached hydrogen (secondary N) is 1. The minimum absolute atomic E-state index is 0.275. The molecule has 0 unspecified atom stereocenters. The lowest BCUT2D eigenvalue weighted by Gasteiger charge is -2.23. The summed E-state index contributed by atoms with van der Waals surface area (Å²) in [6.07, 6.45) is 3.93. The summed E-state index contributed by atoms with van der Waals surface area (Å²) in [7, 11) is 0. The fourth-order valence-electron chi connectivity index (χ4n) is 2.06. The highest BCUT2D eigenvalue weighted by molar-refractivity contribution is 7.08. The molecule has 1 N–H and O–H groups in total. The number of rotatable bonds is 3. The van der Waals surface area contributed by atoms with Crippen LogP contribution in [0.3, 0.4) is 0 Å². The van der Waals surface area contributed by atoms with Crippen LogP contribution in [0.15, 0.2) is 29.2 Å². The Morgan fingerprint density at radius 3 is 2.94 bits per heavy atom. The van der Waals surface area contributed by atoms with Crippen LogP contribution in [-0.2, 0) is 0 Å². The van der Waals surface area contributed by atoms with Crippen molar-refractivity contribution in [1.29, 1.82) is 0 Å². The van der Waals surface area contributed by atoms with E-state index in [0.29, 0.717) is 5.88 Å². The largest absolute Gasteiger partial charge is 0.474 e. The van der Waals surface area contributed by atoms with Gasteiger partial charge in [-0.2, -0.15) is 11.3 Å². The minimum Gasteiger partial charge on any atom is -0.474 e. The summed E-state index contributed by atoms with van der Waals surface area (Å²) < 4.78 is 5.91. The fourth-order valence-corrected chi connectivity index (χ4v) is 2.71. The van der Waals surface area contributed by atoms with Crippen molar-refractivity contribution < 1.29 is 4.74 Å². The Morgan fingerprint density at radius 1 is 1.28 bits per heavy atom. The third-order valence-electron chi connectivity index (χ3n) is 3.03. The van der Waals surface area contributed by atoms with Gasteiger partial charge in [-0.05, 0) is 37.4 Å². The van der Waals surface area contributed by atoms with E-state index in [9.17, 15) is 0 Å². The molecule has 0 saturated carbocycles. The summed E-state index contributed by atoms with van der Waals surface area (Å²) in [6, 6.07) is 3.98. The van der Waals surface area contributed by atoms with Gasteiger partial charge in [0, 0.05) is 17.0 Å². The van der Waals surface area contributed by atoms with Gasteiger partial charge in [0.25, 0.3) is 0 Å². The highest BCUT2D eigenvalue weighted by Crippen LogP contribution is 2.23. The number of nitrogens with zero attached hydrogens (tertiary/aromatic N) is 2. The standard InChI is InChI=1S/C13H15N3OS/c1-4-14-5-2-11(1)17-13-7-12(15-9-16-13)10-3-6-18-8-10/h3,6-9,11,14H,1-2,4-5H2. The highest BCUT2D eigenvalue weighted by Gasteiger charge is 2.15. The normalized spacial score (nSPS) is 16.7. The lowest BCUT2D eigenvalue weighted by atomic mass is 10.1. The lowest BCUT2D eigenvalue weighted by Crippen LogP contribution is -2.34. The van der Waals surface area contributed by atoms with Crippen molar-refractivity contribution in [3.63, 3.8) is 0 Å². The molecule has 0 amide bonds. The monoisotopic (exact) mass is 261 g/mol. The Kier molecular flexibility index (Phi) is 3.52. The van der Waals surface area contributed by atoms with Gasteiger partial charge in [0.05, 0.1) is 5.69 Å². The van der Waals surface area contributed by atoms with Crippen molar-refractivity contribution in [3.8, 4) is 17.1 Å². The average Bonchev–Trinajstić information content (AvgIpc) is 2.94. The van der Waals surface area contributed by atoms with Crippen molar-refractivity contribution in [2.45, 2.75) is 18.9 Å². The Morgan fingerprint density at radius 2 is 2.17 bits per heavy atom. The predicted octanol–water partition coefficient (Wildman–Crippen LogP) is 2.34. The molecule has 0 atom stereocenters. The molecule has 3 heterocycles. The van der Waals surface area contributed by atoms with Crippen LogP contribution >= 0.6 is 11.3 Å². The lowest BCUT2D eigenvalue weighted by molar-refractivity contribution is 0.156. The maximum Gasteiger partial charge on any atom is 0.217 e. The van der Waals surface area contributed by atoms with E-state index in [0.717, 1.165) is 37.2 Å². The Labute approximate surface area is 110 Å². The summed E-state index contributed by atoms with van der Waals surface area (Å²) >= 11 is 1.67. The topological polar surface area (TPSA) is 47.0 Å². The average molecular weight is 261 g/mol. The van der Waals surface area contributed by atoms with E-state index in [-0.39, 0.29) is 6.10 Å². The Hall–Kier alpha value is -1.46. The zero-order chi connectivity index (χ0) is 12.2. The molecular weight excluding hydrogens is 246 g/mol. The molecule has 1 fully saturated rings. The summed E-state index contributed by atoms with van der Waals surface area (Å²) in [5.74, 6) is 0.679. The molecule has 0 aliphatic carbocycles. The first-order valence-corrected chi connectivity index (χ1v) is 7.08. The van der Waals surface area contributed by atoms with Crippen molar-refractivity contribution in [3.05, 3.63) is 29.2 Å². The molecule has 0 bridgehead atoms. The number of piperidine rings is 1. The van der Waals surface area contributed by atoms with Crippen LogP contribution in [0.1, 0.15) is 12.8 Å². The summed E-state index contributed by atoms with van der Waals surface area (Å²) in [5.41, 5.74) is 2.05. The van der Waals surface area contributed by atoms with Gasteiger partial charge in [-0.1, -0.05) is 0 Å². The second kappa shape index (κ2) is 5.46. The van der Waals surface area contributed by atoms with Gasteiger partial charge < -0.3 is 10.1 Å². The smallest absolute Gasteiger partial charge is 0.217 e. The maximum atomic E-state index is 5.91. The van der Waals surface area contributed by atoms with Gasteiger partial charge in [-0.3, -0.25) is 0 Å². The second-order valence-electron chi connectivity index (χ2n) is 4.32. The summed E-state index contributed by atoms with van der Waals surface area (Å²) in [6.45, 7) is 2.04. The first kappa shape index (κ1) is 11.6. The van der Waals surface area contributed by atoms with E-state index < -0.39 is 0 Å². The molecule has 4 nitrogen and oxygen atoms in total. The maximum absolute atomic E-state index is 5.91. The molecule has 1 saturated heterocycles. The van der Waals surface area contributed by atoms with E-state index in [1.54, 1.807) is 17.7 Å². The number of hydrogen-bond donors (Lipinski definition) is 1. The van der Waals surface area contributed by atoms with Gasteiger partial charge >= 0.3 is 0 Å². The van der Waals surface area contributed by atoms with Gasteiger partial charge in [0.1, 0.15) is 12.4 Å². The molecule has 1 aliphatic rings. The molecule has 0 radical (unpaired) electrons. The Bertz CT molecular complexity index is 495. The zero-order valence-electron chi connectivity index (χ0n) is 10.0. The van der Waals surface area contributed by atoms with E-state index in [4.69, 9.17) is 4.74 Å². The highest BCUT2D eigenvalue weighted by atomic mass is 32.1. The number of hydrogen-bond acceptors (Lipinski definition) is 5. The summed E-state index contributed by atoms with van der Waals surface area (Å²) in [4.78, 5) is 8.47. The molecule has 2 aromatic rings. The van der Waals surface area contributed by atoms with Crippen LogP contribution in [0, 0.1) is 0 Å². The molecule has 3 rings (SSSR count). The zero-order valence-corrected chi connectivity index (χ0v) is 10.8. The molecule has 0 spiro atoms. The van der Waals surface area contributed by atoms with Crippen molar-refractivity contribution >= 4 is 11.3 Å². The van der Waals surface area contributed by atoms with Crippen LogP contribution in [0.25, 0.3) is 11.3 Å². The van der Waals surface area contributed by atoms with Gasteiger partial charge in [-0.15, -0.1) is 0 Å². The number of aromatic nitrogens is 2. The number of thiophene rings is 1. The van der Waals surface area contributed by atoms with Crippen LogP contribution in [0.4, 0.5) is 0 Å². The van der Waals surface area contributed by atoms with Crippen LogP contribution in [0.2, 0.25) is 0 Å². The van der Waals surface area contributed by atoms with Crippen LogP contribution in [0.5, 0.6) is 5.88 Å². The predicted molar refractivity (Wildman–Crippen MR) is 71.9 cm³/mol. The molecule has 1 aliphatic heterocycles. The second-order valence-corrected chi connectivity index (χ2v) is 5.10. The molecule has 18 heavy (non-hydrogen) atoms. The van der Waals surface area contributed by atoms with Gasteiger partial charge in [0.15, 0.2) is 0 Å². The van der Waals surface area contributed by atoms with E-state index in [2.05, 4.69) is 26.7 Å². The molecule has 0 aromatic carbocycles. The Balaban J connectivity index is 1.74. The third kappa shape index (κ3) is 2.68. The van der Waals surface area contributed by atoms with Crippen molar-refractivity contribution in [2.24, 2.45) is 0 Å². The molecular formula is C13H15N3OS. The SMILES string of the molecule is c1nc(OC2CCNCC2)cc(-c2ccsc2)n1. The van der Waals surface area contributed by atoms with Crippen molar-refractivity contribution in [2.75, 3.05) is 13.1 Å². The van der Waals surface area contributed by atoms with Crippen LogP contribution < -0.4 is 10.1 Å². The minimum atomic E-state index is 0.275. The van der Waals surface area contributed by atoms with Crippen molar-refractivity contribution in [1.82, 2.24) is 15.3 Å². The van der Waals surface area contributed by atoms with Gasteiger partial charge in [-0.25, -0.2) is 9.97 Å². The first-order chi connectivity index (χ1) is 8.92. The quantitative estimate of drug-likeness (QED) is 0.921. The van der Waals surface area contributed by atoms with E-state index in [1.165, 1.54) is 0 Å². The molecule has 94 valence electrons. The van der Waals surface area contributed by atoms with Crippen LogP contribution in [-0.4, -0.2) is 29.2 Å². The first-order valence-electron chi connectivity index (χ1n) is 6.14. The van der Waals surface area contributed by atoms with E-state index >= 15 is 0 Å². The summed E-state index contributed by atoms with van der Waals surface area (Å²) in [5, 5.41) is 7.45. The number of ether oxygens (including phenoxy) is 1. The third-order valence-corrected chi connectivity index (χ3v) is 3.72. The fraction of sp³-hybridized carbons (Fsp3) is 0.385.